The molecule has 0 unspecified atom stereocenters. The van der Waals surface area contributed by atoms with E-state index in [1.54, 1.807) is 11.3 Å². The zero-order valence-electron chi connectivity index (χ0n) is 22.6. The minimum absolute atomic E-state index is 0.198. The highest BCUT2D eigenvalue weighted by Crippen LogP contribution is 2.32. The summed E-state index contributed by atoms with van der Waals surface area (Å²) >= 11 is 0. The second kappa shape index (κ2) is 11.3. The van der Waals surface area contributed by atoms with Gasteiger partial charge in [0.05, 0.1) is 18.2 Å². The van der Waals surface area contributed by atoms with Crippen molar-refractivity contribution in [2.75, 3.05) is 25.0 Å². The van der Waals surface area contributed by atoms with Crippen LogP contribution in [-0.2, 0) is 9.57 Å². The highest BCUT2D eigenvalue weighted by Gasteiger charge is 2.26. The van der Waals surface area contributed by atoms with E-state index in [9.17, 15) is 10.1 Å². The summed E-state index contributed by atoms with van der Waals surface area (Å²) in [5.74, 6) is 2.60. The number of hydrogen-bond acceptors (Lipinski definition) is 9. The number of nitriles is 1. The highest BCUT2D eigenvalue weighted by atomic mass is 16.8. The van der Waals surface area contributed by atoms with Crippen LogP contribution in [0.4, 0.5) is 16.4 Å². The number of benzene rings is 1. The predicted octanol–water partition coefficient (Wildman–Crippen LogP) is 5.85. The molecule has 10 heteroatoms. The topological polar surface area (TPSA) is 115 Å². The van der Waals surface area contributed by atoms with Crippen molar-refractivity contribution >= 4 is 17.8 Å². The van der Waals surface area contributed by atoms with Crippen molar-refractivity contribution in [2.45, 2.75) is 58.1 Å². The van der Waals surface area contributed by atoms with Gasteiger partial charge in [0.1, 0.15) is 23.2 Å². The largest absolute Gasteiger partial charge is 0.528 e. The predicted molar refractivity (Wildman–Crippen MR) is 145 cm³/mol. The fourth-order valence-corrected chi connectivity index (χ4v) is 4.40. The maximum Gasteiger partial charge on any atom is 0.528 e. The van der Waals surface area contributed by atoms with E-state index in [-0.39, 0.29) is 6.04 Å². The number of pyridine rings is 1. The van der Waals surface area contributed by atoms with Crippen LogP contribution in [0, 0.1) is 17.2 Å². The van der Waals surface area contributed by atoms with Crippen molar-refractivity contribution in [3.05, 3.63) is 54.4 Å². The molecule has 39 heavy (non-hydrogen) atoms. The van der Waals surface area contributed by atoms with Crippen molar-refractivity contribution in [2.24, 2.45) is 5.92 Å². The van der Waals surface area contributed by atoms with Gasteiger partial charge in [0, 0.05) is 31.5 Å². The van der Waals surface area contributed by atoms with E-state index in [1.807, 2.05) is 68.0 Å². The van der Waals surface area contributed by atoms with Crippen molar-refractivity contribution in [1.29, 1.82) is 5.26 Å². The summed E-state index contributed by atoms with van der Waals surface area (Å²) in [6, 6.07) is 13.9. The molecule has 0 spiro atoms. The van der Waals surface area contributed by atoms with E-state index in [2.05, 4.69) is 16.4 Å². The molecule has 2 aromatic heterocycles. The summed E-state index contributed by atoms with van der Waals surface area (Å²) < 4.78 is 13.0. The van der Waals surface area contributed by atoms with Gasteiger partial charge in [-0.05, 0) is 87.8 Å². The molecule has 1 saturated heterocycles. The Morgan fingerprint density at radius 1 is 1.08 bits per heavy atom. The Labute approximate surface area is 228 Å². The maximum absolute atomic E-state index is 11.9. The molecule has 204 valence electrons. The molecule has 2 fully saturated rings. The molecule has 0 atom stereocenters. The molecule has 1 aromatic carbocycles. The number of carbonyl (C=O) groups excluding carboxylic acids is 1. The number of anilines is 2. The summed E-state index contributed by atoms with van der Waals surface area (Å²) in [5.41, 5.74) is 1.80. The number of hydrogen-bond donors (Lipinski definition) is 1. The Kier molecular flexibility index (Phi) is 7.70. The van der Waals surface area contributed by atoms with E-state index >= 15 is 0 Å². The van der Waals surface area contributed by atoms with Gasteiger partial charge in [-0.3, -0.25) is 4.68 Å². The molecule has 1 N–H and O–H groups in total. The lowest BCUT2D eigenvalue weighted by atomic mass is 10.0. The summed E-state index contributed by atoms with van der Waals surface area (Å²) in [6.45, 7) is 7.30. The fraction of sp³-hybridized carbons (Fsp3) is 0.448. The average Bonchev–Trinajstić information content (AvgIpc) is 3.63. The van der Waals surface area contributed by atoms with E-state index in [0.717, 1.165) is 24.0 Å². The van der Waals surface area contributed by atoms with E-state index in [0.29, 0.717) is 48.6 Å². The standard InChI is InChI=1S/C29H34N6O4/c1-29(2,3)38-28(36)39-34-13-9-24(10-14-34)35-15-11-26(33-35)32-27-17-22(8-12-31-27)21-6-7-25(23(16-21)18-30)37-19-20-4-5-20/h6-8,11-12,15-17,20,24H,4-5,9-10,13-14,19H2,1-3H3,(H,31,32,33). The first-order valence-electron chi connectivity index (χ1n) is 13.4. The Morgan fingerprint density at radius 2 is 1.85 bits per heavy atom. The summed E-state index contributed by atoms with van der Waals surface area (Å²) in [4.78, 5) is 21.7. The number of hydroxylamine groups is 2. The van der Waals surface area contributed by atoms with Crippen LogP contribution in [0.1, 0.15) is 58.1 Å². The van der Waals surface area contributed by atoms with Crippen molar-refractivity contribution < 1.29 is 19.1 Å². The molecule has 1 saturated carbocycles. The summed E-state index contributed by atoms with van der Waals surface area (Å²) in [7, 11) is 0. The minimum atomic E-state index is -0.678. The van der Waals surface area contributed by atoms with E-state index < -0.39 is 11.8 Å². The smallest absolute Gasteiger partial charge is 0.492 e. The molecule has 3 heterocycles. The fourth-order valence-electron chi connectivity index (χ4n) is 4.40. The van der Waals surface area contributed by atoms with Gasteiger partial charge in [-0.15, -0.1) is 5.06 Å². The first kappa shape index (κ1) is 26.5. The van der Waals surface area contributed by atoms with Crippen LogP contribution in [0.3, 0.4) is 0 Å². The Morgan fingerprint density at radius 3 is 2.56 bits per heavy atom. The SMILES string of the molecule is CC(C)(C)OC(=O)ON1CCC(n2ccc(Nc3cc(-c4ccc(OCC5CC5)c(C#N)c4)ccn3)n2)CC1. The second-order valence-corrected chi connectivity index (χ2v) is 11.0. The molecular formula is C29H34N6O4. The molecule has 1 aliphatic heterocycles. The molecule has 5 rings (SSSR count). The summed E-state index contributed by atoms with van der Waals surface area (Å²) in [5, 5.41) is 19.3. The molecule has 0 bridgehead atoms. The third-order valence-corrected chi connectivity index (χ3v) is 6.62. The number of carbonyl (C=O) groups is 1. The molecule has 1 aliphatic carbocycles. The quantitative estimate of drug-likeness (QED) is 0.358. The van der Waals surface area contributed by atoms with Crippen LogP contribution in [0.2, 0.25) is 0 Å². The van der Waals surface area contributed by atoms with Crippen LogP contribution < -0.4 is 10.1 Å². The lowest BCUT2D eigenvalue weighted by molar-refractivity contribution is -0.154. The monoisotopic (exact) mass is 530 g/mol. The van der Waals surface area contributed by atoms with Gasteiger partial charge < -0.3 is 19.6 Å². The minimum Gasteiger partial charge on any atom is -0.492 e. The Balaban J connectivity index is 1.17. The molecule has 0 amide bonds. The normalized spacial score (nSPS) is 16.4. The molecular weight excluding hydrogens is 496 g/mol. The van der Waals surface area contributed by atoms with Crippen LogP contribution in [0.15, 0.2) is 48.8 Å². The van der Waals surface area contributed by atoms with E-state index in [4.69, 9.17) is 19.4 Å². The number of rotatable bonds is 8. The summed E-state index contributed by atoms with van der Waals surface area (Å²) in [6.07, 6.45) is 6.99. The van der Waals surface area contributed by atoms with Gasteiger partial charge in [-0.2, -0.15) is 10.4 Å². The van der Waals surface area contributed by atoms with Crippen molar-refractivity contribution in [1.82, 2.24) is 19.8 Å². The van der Waals surface area contributed by atoms with Crippen LogP contribution in [0.25, 0.3) is 11.1 Å². The maximum atomic E-state index is 11.9. The molecule has 3 aromatic rings. The third-order valence-electron chi connectivity index (χ3n) is 6.62. The van der Waals surface area contributed by atoms with Gasteiger partial charge >= 0.3 is 6.16 Å². The number of ether oxygens (including phenoxy) is 2. The van der Waals surface area contributed by atoms with Gasteiger partial charge in [0.25, 0.3) is 0 Å². The Bertz CT molecular complexity index is 1350. The first-order chi connectivity index (χ1) is 18.8. The highest BCUT2D eigenvalue weighted by molar-refractivity contribution is 5.70. The Hall–Kier alpha value is -4.10. The van der Waals surface area contributed by atoms with Crippen LogP contribution >= 0.6 is 0 Å². The average molecular weight is 531 g/mol. The van der Waals surface area contributed by atoms with Crippen molar-refractivity contribution in [3.63, 3.8) is 0 Å². The first-order valence-corrected chi connectivity index (χ1v) is 13.4. The van der Waals surface area contributed by atoms with Gasteiger partial charge in [0.15, 0.2) is 5.82 Å². The second-order valence-electron chi connectivity index (χ2n) is 11.0. The van der Waals surface area contributed by atoms with Gasteiger partial charge in [0.2, 0.25) is 0 Å². The number of piperidine rings is 1. The van der Waals surface area contributed by atoms with Crippen LogP contribution in [0.5, 0.6) is 5.75 Å². The molecule has 0 radical (unpaired) electrons. The number of nitrogens with one attached hydrogen (secondary N) is 1. The van der Waals surface area contributed by atoms with Gasteiger partial charge in [-0.1, -0.05) is 6.07 Å². The zero-order chi connectivity index (χ0) is 27.4. The van der Waals surface area contributed by atoms with Crippen molar-refractivity contribution in [3.8, 4) is 22.9 Å². The lowest BCUT2D eigenvalue weighted by Gasteiger charge is -2.31. The molecule has 2 aliphatic rings. The molecule has 10 nitrogen and oxygen atoms in total. The zero-order valence-corrected chi connectivity index (χ0v) is 22.6. The van der Waals surface area contributed by atoms with Crippen LogP contribution in [-0.4, -0.2) is 51.3 Å². The number of aromatic nitrogens is 3. The van der Waals surface area contributed by atoms with Gasteiger partial charge in [-0.25, -0.2) is 9.78 Å². The number of nitrogens with zero attached hydrogens (tertiary/aromatic N) is 5. The third kappa shape index (κ3) is 7.27. The lowest BCUT2D eigenvalue weighted by Crippen LogP contribution is -2.38. The van der Waals surface area contributed by atoms with E-state index in [1.165, 1.54) is 12.8 Å².